The van der Waals surface area contributed by atoms with Gasteiger partial charge in [-0.25, -0.2) is 0 Å². The zero-order chi connectivity index (χ0) is 13.6. The first-order valence-electron chi connectivity index (χ1n) is 7.55. The molecule has 0 radical (unpaired) electrons. The van der Waals surface area contributed by atoms with Gasteiger partial charge in [-0.15, -0.1) is 0 Å². The van der Waals surface area contributed by atoms with Crippen molar-refractivity contribution in [3.05, 3.63) is 34.4 Å². The summed E-state index contributed by atoms with van der Waals surface area (Å²) in [6.45, 7) is 6.43. The molecule has 2 unspecified atom stereocenters. The van der Waals surface area contributed by atoms with Crippen molar-refractivity contribution in [3.63, 3.8) is 0 Å². The van der Waals surface area contributed by atoms with E-state index in [9.17, 15) is 5.11 Å². The summed E-state index contributed by atoms with van der Waals surface area (Å²) in [6.07, 6.45) is 5.47. The highest BCUT2D eigenvalue weighted by Gasteiger charge is 2.42. The summed E-state index contributed by atoms with van der Waals surface area (Å²) >= 11 is 0. The van der Waals surface area contributed by atoms with Crippen LogP contribution in [0.25, 0.3) is 0 Å². The second kappa shape index (κ2) is 4.60. The molecule has 1 aromatic carbocycles. The number of aryl methyl sites for hydroxylation is 3. The first kappa shape index (κ1) is 13.1. The Morgan fingerprint density at radius 2 is 1.58 bits per heavy atom. The number of fused-ring (bicyclic) bond motifs is 2. The van der Waals surface area contributed by atoms with Gasteiger partial charge in [0.25, 0.3) is 0 Å². The molecular weight excluding hydrogens is 234 g/mol. The van der Waals surface area contributed by atoms with E-state index in [0.717, 1.165) is 18.4 Å². The van der Waals surface area contributed by atoms with Crippen molar-refractivity contribution in [2.24, 2.45) is 0 Å². The molecule has 2 fully saturated rings. The normalized spacial score (nSPS) is 34.3. The van der Waals surface area contributed by atoms with Crippen LogP contribution in [0, 0.1) is 20.8 Å². The Morgan fingerprint density at radius 3 is 2.21 bits per heavy atom. The maximum absolute atomic E-state index is 11.2. The maximum atomic E-state index is 11.2. The van der Waals surface area contributed by atoms with E-state index in [1.165, 1.54) is 36.0 Å². The first-order chi connectivity index (χ1) is 8.98. The standard InChI is InChI=1S/C17H25NO/c1-11-7-13(3)16(8-12(11)2)17(19)9-14-5-4-6-15(10-17)18-14/h7-8,14-15,18-19H,4-6,9-10H2,1-3H3. The predicted molar refractivity (Wildman–Crippen MR) is 78.3 cm³/mol. The van der Waals surface area contributed by atoms with Crippen LogP contribution in [-0.2, 0) is 5.60 Å². The van der Waals surface area contributed by atoms with Gasteiger partial charge < -0.3 is 10.4 Å². The molecular formula is C17H25NO. The lowest BCUT2D eigenvalue weighted by Gasteiger charge is -2.46. The summed E-state index contributed by atoms with van der Waals surface area (Å²) in [5.74, 6) is 0. The fourth-order valence-electron chi connectivity index (χ4n) is 4.01. The summed E-state index contributed by atoms with van der Waals surface area (Å²) in [7, 11) is 0. The highest BCUT2D eigenvalue weighted by molar-refractivity contribution is 5.40. The molecule has 2 heteroatoms. The molecule has 2 aliphatic heterocycles. The van der Waals surface area contributed by atoms with E-state index in [-0.39, 0.29) is 0 Å². The van der Waals surface area contributed by atoms with E-state index in [4.69, 9.17) is 0 Å². The van der Waals surface area contributed by atoms with Gasteiger partial charge in [-0.05, 0) is 68.7 Å². The van der Waals surface area contributed by atoms with Crippen LogP contribution in [0.2, 0.25) is 0 Å². The fraction of sp³-hybridized carbons (Fsp3) is 0.647. The second-order valence-corrected chi connectivity index (χ2v) is 6.68. The summed E-state index contributed by atoms with van der Waals surface area (Å²) in [4.78, 5) is 0. The van der Waals surface area contributed by atoms with Gasteiger partial charge in [0.1, 0.15) is 0 Å². The number of hydrogen-bond acceptors (Lipinski definition) is 2. The van der Waals surface area contributed by atoms with Crippen LogP contribution in [0.3, 0.4) is 0 Å². The number of aliphatic hydroxyl groups is 1. The van der Waals surface area contributed by atoms with E-state index in [0.29, 0.717) is 12.1 Å². The Balaban J connectivity index is 1.98. The summed E-state index contributed by atoms with van der Waals surface area (Å²) < 4.78 is 0. The van der Waals surface area contributed by atoms with Crippen molar-refractivity contribution in [2.75, 3.05) is 0 Å². The van der Waals surface area contributed by atoms with Crippen molar-refractivity contribution in [2.45, 2.75) is 70.6 Å². The van der Waals surface area contributed by atoms with Gasteiger partial charge >= 0.3 is 0 Å². The van der Waals surface area contributed by atoms with Crippen LogP contribution < -0.4 is 5.32 Å². The van der Waals surface area contributed by atoms with Gasteiger partial charge in [0.2, 0.25) is 0 Å². The Labute approximate surface area is 116 Å². The molecule has 104 valence electrons. The molecule has 2 saturated heterocycles. The van der Waals surface area contributed by atoms with Crippen LogP contribution in [0.1, 0.15) is 54.4 Å². The number of hydrogen-bond donors (Lipinski definition) is 2. The third kappa shape index (κ3) is 2.32. The number of piperidine rings is 2. The minimum absolute atomic E-state index is 0.499. The van der Waals surface area contributed by atoms with Crippen LogP contribution in [0.15, 0.2) is 12.1 Å². The lowest BCUT2D eigenvalue weighted by atomic mass is 9.72. The van der Waals surface area contributed by atoms with Crippen LogP contribution in [0.5, 0.6) is 0 Å². The SMILES string of the molecule is Cc1cc(C)c(C2(O)CC3CCCC(C2)N3)cc1C. The topological polar surface area (TPSA) is 32.3 Å². The van der Waals surface area contributed by atoms with Crippen LogP contribution in [0.4, 0.5) is 0 Å². The van der Waals surface area contributed by atoms with Crippen molar-refractivity contribution < 1.29 is 5.11 Å². The molecule has 2 atom stereocenters. The maximum Gasteiger partial charge on any atom is 0.0928 e. The first-order valence-corrected chi connectivity index (χ1v) is 7.55. The smallest absolute Gasteiger partial charge is 0.0928 e. The minimum Gasteiger partial charge on any atom is -0.385 e. The quantitative estimate of drug-likeness (QED) is 0.812. The number of benzene rings is 1. The van der Waals surface area contributed by atoms with E-state index in [2.05, 4.69) is 38.2 Å². The van der Waals surface area contributed by atoms with E-state index in [1.807, 2.05) is 0 Å². The van der Waals surface area contributed by atoms with Crippen molar-refractivity contribution in [3.8, 4) is 0 Å². The van der Waals surface area contributed by atoms with Gasteiger partial charge in [-0.3, -0.25) is 0 Å². The van der Waals surface area contributed by atoms with Crippen molar-refractivity contribution >= 4 is 0 Å². The average Bonchev–Trinajstić information content (AvgIpc) is 2.33. The van der Waals surface area contributed by atoms with Gasteiger partial charge in [-0.2, -0.15) is 0 Å². The lowest BCUT2D eigenvalue weighted by Crippen LogP contribution is -2.54. The monoisotopic (exact) mass is 259 g/mol. The van der Waals surface area contributed by atoms with E-state index >= 15 is 0 Å². The fourth-order valence-corrected chi connectivity index (χ4v) is 4.01. The summed E-state index contributed by atoms with van der Waals surface area (Å²) in [5.41, 5.74) is 4.39. The molecule has 3 rings (SSSR count). The average molecular weight is 259 g/mol. The molecule has 2 bridgehead atoms. The zero-order valence-electron chi connectivity index (χ0n) is 12.3. The molecule has 0 aliphatic carbocycles. The molecule has 2 aliphatic rings. The van der Waals surface area contributed by atoms with Crippen molar-refractivity contribution in [1.29, 1.82) is 0 Å². The van der Waals surface area contributed by atoms with Crippen LogP contribution >= 0.6 is 0 Å². The summed E-state index contributed by atoms with van der Waals surface area (Å²) in [5, 5.41) is 14.9. The van der Waals surface area contributed by atoms with Crippen molar-refractivity contribution in [1.82, 2.24) is 5.32 Å². The predicted octanol–water partition coefficient (Wildman–Crippen LogP) is 3.10. The Kier molecular flexibility index (Phi) is 3.18. The third-order valence-electron chi connectivity index (χ3n) is 5.09. The van der Waals surface area contributed by atoms with Gasteiger partial charge in [0.05, 0.1) is 5.60 Å². The third-order valence-corrected chi connectivity index (χ3v) is 5.09. The Bertz CT molecular complexity index is 482. The highest BCUT2D eigenvalue weighted by atomic mass is 16.3. The largest absolute Gasteiger partial charge is 0.385 e. The number of nitrogens with one attached hydrogen (secondary N) is 1. The Morgan fingerprint density at radius 1 is 1.00 bits per heavy atom. The molecule has 0 aromatic heterocycles. The molecule has 2 heterocycles. The second-order valence-electron chi connectivity index (χ2n) is 6.68. The minimum atomic E-state index is -0.621. The molecule has 19 heavy (non-hydrogen) atoms. The van der Waals surface area contributed by atoms with E-state index < -0.39 is 5.60 Å². The lowest BCUT2D eigenvalue weighted by molar-refractivity contribution is -0.0363. The van der Waals surface area contributed by atoms with Gasteiger partial charge in [-0.1, -0.05) is 18.6 Å². The molecule has 2 N–H and O–H groups in total. The van der Waals surface area contributed by atoms with E-state index in [1.54, 1.807) is 0 Å². The summed E-state index contributed by atoms with van der Waals surface area (Å²) in [6, 6.07) is 5.43. The number of rotatable bonds is 1. The molecule has 2 nitrogen and oxygen atoms in total. The molecule has 0 spiro atoms. The van der Waals surface area contributed by atoms with Crippen LogP contribution in [-0.4, -0.2) is 17.2 Å². The Hall–Kier alpha value is -0.860. The zero-order valence-corrected chi connectivity index (χ0v) is 12.3. The van der Waals surface area contributed by atoms with Gasteiger partial charge in [0, 0.05) is 12.1 Å². The molecule has 0 amide bonds. The molecule has 0 saturated carbocycles. The highest BCUT2D eigenvalue weighted by Crippen LogP contribution is 2.41. The van der Waals surface area contributed by atoms with Gasteiger partial charge in [0.15, 0.2) is 0 Å². The molecule has 1 aromatic rings.